The Hall–Kier alpha value is -2.90. The fourth-order valence-electron chi connectivity index (χ4n) is 3.60. The molecule has 0 aliphatic heterocycles. The average Bonchev–Trinajstić information content (AvgIpc) is 3.10. The molecule has 0 amide bonds. The molecule has 0 bridgehead atoms. The summed E-state index contributed by atoms with van der Waals surface area (Å²) in [5, 5.41) is 0. The molecule has 156 valence electrons. The average molecular weight is 400 g/mol. The van der Waals surface area contributed by atoms with Crippen molar-refractivity contribution in [2.45, 2.75) is 39.7 Å². The number of carbonyl (C=O) groups excluding carboxylic acids is 1. The van der Waals surface area contributed by atoms with Gasteiger partial charge in [-0.25, -0.2) is 14.6 Å². The van der Waals surface area contributed by atoms with Crippen LogP contribution in [0.5, 0.6) is 0 Å². The van der Waals surface area contributed by atoms with Crippen molar-refractivity contribution in [1.29, 1.82) is 0 Å². The van der Waals surface area contributed by atoms with Crippen molar-refractivity contribution >= 4 is 17.1 Å². The molecule has 0 saturated heterocycles. The van der Waals surface area contributed by atoms with Gasteiger partial charge in [0.05, 0.1) is 6.61 Å². The van der Waals surface area contributed by atoms with Gasteiger partial charge in [0.15, 0.2) is 11.2 Å². The molecular formula is C21H28N4O4. The van der Waals surface area contributed by atoms with E-state index in [4.69, 9.17) is 4.74 Å². The van der Waals surface area contributed by atoms with Gasteiger partial charge in [-0.1, -0.05) is 44.6 Å². The monoisotopic (exact) mass is 400 g/mol. The molecule has 0 aromatic carbocycles. The molecule has 2 aromatic heterocycles. The maximum Gasteiger partial charge on any atom is 0.374 e. The van der Waals surface area contributed by atoms with Crippen LogP contribution in [0.25, 0.3) is 11.2 Å². The Morgan fingerprint density at radius 2 is 1.90 bits per heavy atom. The van der Waals surface area contributed by atoms with Crippen LogP contribution in [0.15, 0.2) is 33.9 Å². The summed E-state index contributed by atoms with van der Waals surface area (Å²) < 4.78 is 9.30. The number of hydrogen-bond acceptors (Lipinski definition) is 5. The van der Waals surface area contributed by atoms with Crippen molar-refractivity contribution in [3.63, 3.8) is 0 Å². The molecule has 0 fully saturated rings. The third kappa shape index (κ3) is 3.97. The minimum atomic E-state index is -0.573. The summed E-state index contributed by atoms with van der Waals surface area (Å²) in [7, 11) is 2.97. The number of esters is 1. The Labute approximate surface area is 169 Å². The van der Waals surface area contributed by atoms with Crippen LogP contribution >= 0.6 is 0 Å². The molecule has 3 rings (SSSR count). The number of imidazole rings is 1. The number of aromatic nitrogens is 4. The quantitative estimate of drug-likeness (QED) is 0.525. The van der Waals surface area contributed by atoms with Gasteiger partial charge in [-0.3, -0.25) is 13.9 Å². The number of ether oxygens (including phenoxy) is 1. The highest BCUT2D eigenvalue weighted by molar-refractivity contribution is 5.90. The number of carbonyl (C=O) groups is 1. The van der Waals surface area contributed by atoms with Crippen LogP contribution in [0.1, 0.15) is 43.7 Å². The predicted molar refractivity (Wildman–Crippen MR) is 111 cm³/mol. The summed E-state index contributed by atoms with van der Waals surface area (Å²) in [6.07, 6.45) is 10.7. The minimum Gasteiger partial charge on any atom is -0.460 e. The SMILES string of the molecule is CCCCOC(=O)c1nc2c(c(=O)n(C)c(=O)n2C)n1CCC1C=CC=CC1C. The maximum absolute atomic E-state index is 12.8. The molecule has 2 atom stereocenters. The zero-order valence-electron chi connectivity index (χ0n) is 17.4. The molecule has 2 aromatic rings. The van der Waals surface area contributed by atoms with E-state index < -0.39 is 17.2 Å². The second-order valence-electron chi connectivity index (χ2n) is 7.54. The second kappa shape index (κ2) is 8.63. The summed E-state index contributed by atoms with van der Waals surface area (Å²) in [6.45, 7) is 4.87. The van der Waals surface area contributed by atoms with Gasteiger partial charge in [0, 0.05) is 20.6 Å². The first-order valence-corrected chi connectivity index (χ1v) is 10.0. The Morgan fingerprint density at radius 1 is 1.17 bits per heavy atom. The first-order chi connectivity index (χ1) is 13.9. The second-order valence-corrected chi connectivity index (χ2v) is 7.54. The number of nitrogens with zero attached hydrogens (tertiary/aromatic N) is 4. The lowest BCUT2D eigenvalue weighted by atomic mass is 9.87. The van der Waals surface area contributed by atoms with Crippen molar-refractivity contribution < 1.29 is 9.53 Å². The Balaban J connectivity index is 2.06. The zero-order valence-corrected chi connectivity index (χ0v) is 17.4. The van der Waals surface area contributed by atoms with Gasteiger partial charge in [-0.15, -0.1) is 0 Å². The molecule has 0 saturated carbocycles. The minimum absolute atomic E-state index is 0.0670. The predicted octanol–water partition coefficient (Wildman–Crippen LogP) is 2.16. The van der Waals surface area contributed by atoms with Gasteiger partial charge in [-0.05, 0) is 24.7 Å². The zero-order chi connectivity index (χ0) is 21.1. The molecule has 0 N–H and O–H groups in total. The van der Waals surface area contributed by atoms with E-state index in [1.165, 1.54) is 11.6 Å². The Morgan fingerprint density at radius 3 is 2.59 bits per heavy atom. The fraction of sp³-hybridized carbons (Fsp3) is 0.524. The van der Waals surface area contributed by atoms with Crippen LogP contribution in [0, 0.1) is 11.8 Å². The normalized spacial score (nSPS) is 18.5. The van der Waals surface area contributed by atoms with Gasteiger partial charge < -0.3 is 9.30 Å². The van der Waals surface area contributed by atoms with Gasteiger partial charge in [0.1, 0.15) is 0 Å². The van der Waals surface area contributed by atoms with Gasteiger partial charge in [0.25, 0.3) is 5.56 Å². The largest absolute Gasteiger partial charge is 0.460 e. The Bertz CT molecular complexity index is 1090. The fourth-order valence-corrected chi connectivity index (χ4v) is 3.60. The van der Waals surface area contributed by atoms with Gasteiger partial charge in [-0.2, -0.15) is 0 Å². The maximum atomic E-state index is 12.8. The van der Waals surface area contributed by atoms with E-state index in [-0.39, 0.29) is 22.9 Å². The Kier molecular flexibility index (Phi) is 6.20. The summed E-state index contributed by atoms with van der Waals surface area (Å²) in [4.78, 5) is 42.2. The first kappa shape index (κ1) is 20.8. The summed E-state index contributed by atoms with van der Waals surface area (Å²) in [6, 6.07) is 0. The van der Waals surface area contributed by atoms with E-state index in [9.17, 15) is 14.4 Å². The van der Waals surface area contributed by atoms with Gasteiger partial charge >= 0.3 is 11.7 Å². The lowest BCUT2D eigenvalue weighted by Gasteiger charge is -2.21. The van der Waals surface area contributed by atoms with Crippen LogP contribution in [0.4, 0.5) is 0 Å². The highest BCUT2D eigenvalue weighted by Crippen LogP contribution is 2.24. The standard InChI is InChI=1S/C21H28N4O4/c1-5-6-13-29-20(27)18-22-17-16(19(26)24(4)21(28)23(17)3)25(18)12-11-15-10-8-7-9-14(15)2/h7-10,14-15H,5-6,11-13H2,1-4H3. The van der Waals surface area contributed by atoms with E-state index in [1.807, 2.05) is 19.1 Å². The molecule has 1 aliphatic carbocycles. The van der Waals surface area contributed by atoms with E-state index in [1.54, 1.807) is 11.6 Å². The number of hydrogen-bond donors (Lipinski definition) is 0. The number of aryl methyl sites for hydroxylation is 2. The molecule has 29 heavy (non-hydrogen) atoms. The van der Waals surface area contributed by atoms with Crippen LogP contribution in [0.2, 0.25) is 0 Å². The molecule has 0 spiro atoms. The first-order valence-electron chi connectivity index (χ1n) is 10.0. The molecule has 1 aliphatic rings. The molecule has 0 radical (unpaired) electrons. The number of rotatable bonds is 7. The molecule has 8 nitrogen and oxygen atoms in total. The van der Waals surface area contributed by atoms with Crippen molar-refractivity contribution in [3.8, 4) is 0 Å². The van der Waals surface area contributed by atoms with Crippen LogP contribution in [-0.4, -0.2) is 31.3 Å². The molecule has 2 heterocycles. The lowest BCUT2D eigenvalue weighted by Crippen LogP contribution is -2.37. The van der Waals surface area contributed by atoms with E-state index in [2.05, 4.69) is 24.1 Å². The van der Waals surface area contributed by atoms with E-state index >= 15 is 0 Å². The van der Waals surface area contributed by atoms with Crippen molar-refractivity contribution in [2.24, 2.45) is 25.9 Å². The third-order valence-corrected chi connectivity index (χ3v) is 5.51. The molecular weight excluding hydrogens is 372 g/mol. The highest BCUT2D eigenvalue weighted by Gasteiger charge is 2.25. The third-order valence-electron chi connectivity index (χ3n) is 5.51. The van der Waals surface area contributed by atoms with Crippen molar-refractivity contribution in [2.75, 3.05) is 6.61 Å². The van der Waals surface area contributed by atoms with Crippen LogP contribution in [-0.2, 0) is 25.4 Å². The highest BCUT2D eigenvalue weighted by atomic mass is 16.5. The van der Waals surface area contributed by atoms with Gasteiger partial charge in [0.2, 0.25) is 5.82 Å². The number of allylic oxidation sites excluding steroid dienone is 4. The van der Waals surface area contributed by atoms with E-state index in [0.717, 1.165) is 23.8 Å². The van der Waals surface area contributed by atoms with Crippen molar-refractivity contribution in [1.82, 2.24) is 18.7 Å². The summed E-state index contributed by atoms with van der Waals surface area (Å²) in [5.41, 5.74) is -0.491. The summed E-state index contributed by atoms with van der Waals surface area (Å²) >= 11 is 0. The van der Waals surface area contributed by atoms with Crippen LogP contribution in [0.3, 0.4) is 0 Å². The van der Waals surface area contributed by atoms with E-state index in [0.29, 0.717) is 19.1 Å². The van der Waals surface area contributed by atoms with Crippen LogP contribution < -0.4 is 11.2 Å². The number of fused-ring (bicyclic) bond motifs is 1. The smallest absolute Gasteiger partial charge is 0.374 e. The lowest BCUT2D eigenvalue weighted by molar-refractivity contribution is 0.0480. The van der Waals surface area contributed by atoms with Crippen molar-refractivity contribution in [3.05, 3.63) is 51.0 Å². The summed E-state index contributed by atoms with van der Waals surface area (Å²) in [5.74, 6) is 0.147. The number of unbranched alkanes of at least 4 members (excludes halogenated alkanes) is 1. The topological polar surface area (TPSA) is 88.1 Å². The molecule has 8 heteroatoms. The molecule has 2 unspecified atom stereocenters.